The molecule has 0 aromatic carbocycles. The molecule has 4 rings (SSSR count). The number of carbonyl (C=O) groups is 2. The lowest BCUT2D eigenvalue weighted by molar-refractivity contribution is -0.321. The summed E-state index contributed by atoms with van der Waals surface area (Å²) in [6.07, 6.45) is 7.34. The molecule has 1 saturated carbocycles. The topological polar surface area (TPSA) is 166 Å². The van der Waals surface area contributed by atoms with E-state index in [1.54, 1.807) is 26.2 Å². The van der Waals surface area contributed by atoms with Crippen LogP contribution in [0.1, 0.15) is 132 Å². The van der Waals surface area contributed by atoms with E-state index in [0.29, 0.717) is 51.7 Å². The van der Waals surface area contributed by atoms with Gasteiger partial charge in [0.05, 0.1) is 42.7 Å². The summed E-state index contributed by atoms with van der Waals surface area (Å²) in [4.78, 5) is 36.1. The van der Waals surface area contributed by atoms with Crippen molar-refractivity contribution in [2.45, 2.75) is 186 Å². The van der Waals surface area contributed by atoms with Crippen LogP contribution in [0.3, 0.4) is 0 Å². The van der Waals surface area contributed by atoms with E-state index in [9.17, 15) is 24.9 Å². The van der Waals surface area contributed by atoms with E-state index < -0.39 is 60.2 Å². The molecule has 0 unspecified atom stereocenters. The van der Waals surface area contributed by atoms with Crippen LogP contribution in [0, 0.1) is 29.6 Å². The van der Waals surface area contributed by atoms with Gasteiger partial charge < -0.3 is 48.7 Å². The third-order valence-electron chi connectivity index (χ3n) is 13.5. The smallest absolute Gasteiger partial charge is 0.329 e. The fourth-order valence-electron chi connectivity index (χ4n) is 9.82. The molecule has 3 heterocycles. The average molecular weight is 835 g/mol. The van der Waals surface area contributed by atoms with Gasteiger partial charge in [0.1, 0.15) is 24.9 Å². The first-order valence-electron chi connectivity index (χ1n) is 22.5. The predicted molar refractivity (Wildman–Crippen MR) is 226 cm³/mol. The molecule has 4 aliphatic rings. The molecule has 0 aromatic rings. The fraction of sp³-hybridized carbons (Fsp3) is 0.848. The van der Waals surface area contributed by atoms with Crippen LogP contribution in [-0.4, -0.2) is 127 Å². The molecule has 0 spiro atoms. The van der Waals surface area contributed by atoms with Crippen molar-refractivity contribution in [1.29, 1.82) is 0 Å². The van der Waals surface area contributed by atoms with E-state index in [2.05, 4.69) is 38.1 Å². The zero-order valence-electron chi connectivity index (χ0n) is 37.8. The van der Waals surface area contributed by atoms with E-state index in [1.165, 1.54) is 0 Å². The van der Waals surface area contributed by atoms with E-state index in [0.717, 1.165) is 49.0 Å². The van der Waals surface area contributed by atoms with Crippen LogP contribution in [0.25, 0.3) is 0 Å². The van der Waals surface area contributed by atoms with Crippen LogP contribution in [0.15, 0.2) is 28.5 Å². The Morgan fingerprint density at radius 1 is 0.949 bits per heavy atom. The second-order valence-electron chi connectivity index (χ2n) is 18.2. The predicted octanol–water partition coefficient (Wildman–Crippen LogP) is 6.51. The van der Waals surface area contributed by atoms with Crippen LogP contribution in [0.4, 0.5) is 0 Å². The molecule has 2 saturated heterocycles. The molecular formula is C46H78N2O11. The third-order valence-corrected chi connectivity index (χ3v) is 13.5. The van der Waals surface area contributed by atoms with E-state index in [1.807, 2.05) is 27.7 Å². The van der Waals surface area contributed by atoms with Gasteiger partial charge in [-0.25, -0.2) is 4.79 Å². The Hall–Kier alpha value is -2.39. The number of cyclic esters (lactones) is 1. The molecule has 0 aromatic heterocycles. The number of aliphatic hydroxyl groups excluding tert-OH is 2. The van der Waals surface area contributed by atoms with Crippen molar-refractivity contribution in [1.82, 2.24) is 4.90 Å². The van der Waals surface area contributed by atoms with Gasteiger partial charge in [0, 0.05) is 52.0 Å². The summed E-state index contributed by atoms with van der Waals surface area (Å²) in [7, 11) is 4.88. The number of methoxy groups -OCH3 is 3. The molecule has 2 bridgehead atoms. The highest BCUT2D eigenvalue weighted by Crippen LogP contribution is 2.40. The number of allylic oxidation sites excluding steroid dienone is 3. The van der Waals surface area contributed by atoms with Gasteiger partial charge in [-0.1, -0.05) is 57.5 Å². The largest absolute Gasteiger partial charge is 0.456 e. The lowest BCUT2D eigenvalue weighted by atomic mass is 9.81. The monoisotopic (exact) mass is 835 g/mol. The number of nitrogens with zero attached hydrogens (tertiary/aromatic N) is 2. The summed E-state index contributed by atoms with van der Waals surface area (Å²) < 4.78 is 30.6. The van der Waals surface area contributed by atoms with Gasteiger partial charge in [-0.05, 0) is 102 Å². The first kappa shape index (κ1) is 49.3. The maximum Gasteiger partial charge on any atom is 0.329 e. The Kier molecular flexibility index (Phi) is 19.3. The minimum atomic E-state index is -1.81. The van der Waals surface area contributed by atoms with Crippen LogP contribution in [0.5, 0.6) is 0 Å². The number of ether oxygens (including phenoxy) is 5. The molecule has 59 heavy (non-hydrogen) atoms. The number of hydrogen-bond donors (Lipinski definition) is 3. The standard InChI is InChI=1S/C46H78N2O11/c1-11-19-57-47-35-26-38(50)32(7)43(30(5)23-33-16-17-37(49)39(25-33)54-8)58-45(52)36-15-13-14-18-48(36)42(51)27-46(53)31(6)24-41(56-10)44(59-46)40(55-9)22-29(4)20-28(3)21-34(35)12-2/h21,23,29,31-34,36-41,43-44,49-50,53H,11-20,22,24-27H2,1-10H3/b28-21+,30-23+,47-35-/t29-,31+,32+,33-,34+,36-,37+,38-,39+,40-,41-,43+,44+,46-/m0/s1. The number of fused-ring (bicyclic) bond motifs is 3. The van der Waals surface area contributed by atoms with Gasteiger partial charge in [0.15, 0.2) is 5.79 Å². The number of aliphatic hydroxyl groups is 3. The second-order valence-corrected chi connectivity index (χ2v) is 18.2. The molecule has 3 aliphatic heterocycles. The highest BCUT2D eigenvalue weighted by Gasteiger charge is 2.51. The number of rotatable bonds is 9. The van der Waals surface area contributed by atoms with Crippen LogP contribution in [0.2, 0.25) is 0 Å². The Bertz CT molecular complexity index is 1440. The first-order valence-corrected chi connectivity index (χ1v) is 22.5. The van der Waals surface area contributed by atoms with Crippen LogP contribution >= 0.6 is 0 Å². The second kappa shape index (κ2) is 23.2. The summed E-state index contributed by atoms with van der Waals surface area (Å²) in [6.45, 7) is 14.9. The van der Waals surface area contributed by atoms with Crippen molar-refractivity contribution in [3.8, 4) is 0 Å². The van der Waals surface area contributed by atoms with E-state index in [4.69, 9.17) is 28.5 Å². The SMILES string of the molecule is CCCO/N=C1/C[C@H](O)[C@@H](C)[C@@H](/C(C)=C/[C@@H]2CC[C@@H](O)[C@H](OC)C2)OC(=O)[C@@H]2CCCCN2C(=O)C[C@]2(O)O[C@H]([C@@H](OC)C[C@@H](C)C/C(C)=C/[C@H]1CC)[C@@H](OC)C[C@H]2C. The number of oxime groups is 1. The molecular weight excluding hydrogens is 757 g/mol. The van der Waals surface area contributed by atoms with Gasteiger partial charge in [0.25, 0.3) is 0 Å². The minimum Gasteiger partial charge on any atom is -0.456 e. The van der Waals surface area contributed by atoms with Crippen molar-refractivity contribution in [2.75, 3.05) is 34.5 Å². The fourth-order valence-corrected chi connectivity index (χ4v) is 9.82. The number of hydrogen-bond acceptors (Lipinski definition) is 12. The Balaban J connectivity index is 1.79. The lowest BCUT2D eigenvalue weighted by Crippen LogP contribution is -2.59. The number of carbonyl (C=O) groups excluding carboxylic acids is 2. The summed E-state index contributed by atoms with van der Waals surface area (Å²) in [5.74, 6) is -3.61. The van der Waals surface area contributed by atoms with Crippen molar-refractivity contribution in [3.05, 3.63) is 23.3 Å². The van der Waals surface area contributed by atoms with Crippen molar-refractivity contribution >= 4 is 17.6 Å². The van der Waals surface area contributed by atoms with Crippen molar-refractivity contribution < 1.29 is 53.4 Å². The zero-order valence-corrected chi connectivity index (χ0v) is 37.8. The van der Waals surface area contributed by atoms with Gasteiger partial charge in [-0.2, -0.15) is 0 Å². The number of piperidine rings is 1. The zero-order chi connectivity index (χ0) is 43.4. The molecule has 14 atom stereocenters. The van der Waals surface area contributed by atoms with Gasteiger partial charge in [0.2, 0.25) is 5.91 Å². The summed E-state index contributed by atoms with van der Waals surface area (Å²) in [6, 6.07) is -0.873. The number of esters is 1. The van der Waals surface area contributed by atoms with Gasteiger partial charge >= 0.3 is 5.97 Å². The van der Waals surface area contributed by atoms with Gasteiger partial charge in [-0.15, -0.1) is 0 Å². The molecule has 13 heteroatoms. The highest BCUT2D eigenvalue weighted by molar-refractivity contribution is 5.88. The maximum atomic E-state index is 14.5. The Morgan fingerprint density at radius 3 is 2.31 bits per heavy atom. The minimum absolute atomic E-state index is 0.0706. The van der Waals surface area contributed by atoms with Crippen molar-refractivity contribution in [2.24, 2.45) is 34.7 Å². The third kappa shape index (κ3) is 13.1. The summed E-state index contributed by atoms with van der Waals surface area (Å²) in [5, 5.41) is 39.4. The van der Waals surface area contributed by atoms with Gasteiger partial charge in [-0.3, -0.25) is 4.79 Å². The molecule has 3 N–H and O–H groups in total. The quantitative estimate of drug-likeness (QED) is 0.100. The highest BCUT2D eigenvalue weighted by atomic mass is 16.7. The molecule has 13 nitrogen and oxygen atoms in total. The normalized spacial score (nSPS) is 40.7. The van der Waals surface area contributed by atoms with E-state index >= 15 is 0 Å². The summed E-state index contributed by atoms with van der Waals surface area (Å²) >= 11 is 0. The molecule has 1 aliphatic carbocycles. The van der Waals surface area contributed by atoms with Crippen molar-refractivity contribution in [3.63, 3.8) is 0 Å². The first-order chi connectivity index (χ1) is 28.1. The average Bonchev–Trinajstić information content (AvgIpc) is 3.21. The number of amides is 1. The van der Waals surface area contributed by atoms with Crippen LogP contribution in [-0.2, 0) is 38.1 Å². The Morgan fingerprint density at radius 2 is 1.64 bits per heavy atom. The molecule has 338 valence electrons. The molecule has 0 radical (unpaired) electrons. The Labute approximate surface area is 354 Å². The molecule has 1 amide bonds. The maximum absolute atomic E-state index is 14.5. The lowest BCUT2D eigenvalue weighted by Gasteiger charge is -2.48. The van der Waals surface area contributed by atoms with Crippen LogP contribution < -0.4 is 0 Å². The van der Waals surface area contributed by atoms with E-state index in [-0.39, 0.29) is 48.7 Å². The summed E-state index contributed by atoms with van der Waals surface area (Å²) in [5.41, 5.74) is 2.67. The molecule has 3 fully saturated rings.